The summed E-state index contributed by atoms with van der Waals surface area (Å²) in [4.78, 5) is 12.0. The van der Waals surface area contributed by atoms with E-state index in [1.54, 1.807) is 30.3 Å². The second-order valence-corrected chi connectivity index (χ2v) is 10.0. The molecule has 1 atom stereocenters. The minimum absolute atomic E-state index is 0.199. The van der Waals surface area contributed by atoms with Gasteiger partial charge in [0.15, 0.2) is 11.6 Å². The van der Waals surface area contributed by atoms with Crippen molar-refractivity contribution in [3.63, 3.8) is 0 Å². The molecule has 1 fully saturated rings. The lowest BCUT2D eigenvalue weighted by Gasteiger charge is -2.37. The number of nitrogens with one attached hydrogen (secondary N) is 1. The number of fused-ring (bicyclic) bond motifs is 1. The fourth-order valence-electron chi connectivity index (χ4n) is 4.42. The van der Waals surface area contributed by atoms with Crippen LogP contribution in [0.25, 0.3) is 11.0 Å². The first-order valence-electron chi connectivity index (χ1n) is 11.3. The molecular formula is C26H26N4O2S. The van der Waals surface area contributed by atoms with Gasteiger partial charge in [-0.1, -0.05) is 60.7 Å². The first kappa shape index (κ1) is 21.4. The van der Waals surface area contributed by atoms with E-state index in [4.69, 9.17) is 9.97 Å². The van der Waals surface area contributed by atoms with Gasteiger partial charge in [-0.3, -0.25) is 4.72 Å². The Morgan fingerprint density at radius 3 is 2.18 bits per heavy atom. The van der Waals surface area contributed by atoms with Crippen LogP contribution in [0.3, 0.4) is 0 Å². The summed E-state index contributed by atoms with van der Waals surface area (Å²) in [6, 6.07) is 26.6. The summed E-state index contributed by atoms with van der Waals surface area (Å²) < 4.78 is 29.0. The van der Waals surface area contributed by atoms with E-state index >= 15 is 0 Å². The third kappa shape index (κ3) is 4.68. The predicted molar refractivity (Wildman–Crippen MR) is 132 cm³/mol. The molecule has 7 heteroatoms. The standard InChI is InChI=1S/C26H26N4O2S/c31-33(32,22-14-5-2-6-15-22)29-25-26(28-24-17-8-7-16-23(24)27-25)30-18-10-9-13-21(30)19-20-11-3-1-4-12-20/h1-8,11-12,14-17,21H,9-10,13,18-19H2,(H,27,29). The average molecular weight is 459 g/mol. The maximum absolute atomic E-state index is 13.1. The van der Waals surface area contributed by atoms with Crippen molar-refractivity contribution in [2.45, 2.75) is 36.6 Å². The molecule has 0 radical (unpaired) electrons. The summed E-state index contributed by atoms with van der Waals surface area (Å²) >= 11 is 0. The minimum atomic E-state index is -3.80. The smallest absolute Gasteiger partial charge is 0.263 e. The van der Waals surface area contributed by atoms with Crippen molar-refractivity contribution in [3.8, 4) is 0 Å². The van der Waals surface area contributed by atoms with E-state index in [0.29, 0.717) is 11.3 Å². The summed E-state index contributed by atoms with van der Waals surface area (Å²) in [6.45, 7) is 0.810. The Labute approximate surface area is 194 Å². The Hall–Kier alpha value is -3.45. The van der Waals surface area contributed by atoms with Gasteiger partial charge >= 0.3 is 0 Å². The fourth-order valence-corrected chi connectivity index (χ4v) is 5.45. The molecule has 4 aromatic rings. The molecule has 2 heterocycles. The van der Waals surface area contributed by atoms with Crippen molar-refractivity contribution >= 4 is 32.7 Å². The number of para-hydroxylation sites is 2. The summed E-state index contributed by atoms with van der Waals surface area (Å²) in [5, 5.41) is 0. The van der Waals surface area contributed by atoms with Crippen LogP contribution in [0.1, 0.15) is 24.8 Å². The minimum Gasteiger partial charge on any atom is -0.350 e. The van der Waals surface area contributed by atoms with Crippen LogP contribution in [-0.2, 0) is 16.4 Å². The van der Waals surface area contributed by atoms with Crippen LogP contribution >= 0.6 is 0 Å². The predicted octanol–water partition coefficient (Wildman–Crippen LogP) is 5.03. The van der Waals surface area contributed by atoms with Crippen LogP contribution < -0.4 is 9.62 Å². The number of nitrogens with zero attached hydrogens (tertiary/aromatic N) is 3. The van der Waals surface area contributed by atoms with Gasteiger partial charge in [-0.2, -0.15) is 0 Å². The molecule has 0 aliphatic carbocycles. The summed E-state index contributed by atoms with van der Waals surface area (Å²) in [6.07, 6.45) is 4.07. The van der Waals surface area contributed by atoms with Crippen molar-refractivity contribution in [3.05, 3.63) is 90.5 Å². The molecular weight excluding hydrogens is 432 g/mol. The van der Waals surface area contributed by atoms with Crippen molar-refractivity contribution in [2.75, 3.05) is 16.2 Å². The molecule has 1 unspecified atom stereocenters. The van der Waals surface area contributed by atoms with Crippen LogP contribution in [0.4, 0.5) is 11.6 Å². The second-order valence-electron chi connectivity index (χ2n) is 8.34. The maximum atomic E-state index is 13.1. The van der Waals surface area contributed by atoms with E-state index in [9.17, 15) is 8.42 Å². The Bertz CT molecular complexity index is 1340. The molecule has 0 spiro atoms. The molecule has 0 amide bonds. The van der Waals surface area contributed by atoms with Gasteiger partial charge in [-0.25, -0.2) is 18.4 Å². The zero-order valence-corrected chi connectivity index (χ0v) is 19.1. The first-order chi connectivity index (χ1) is 16.1. The third-order valence-corrected chi connectivity index (χ3v) is 7.40. The molecule has 1 saturated heterocycles. The average Bonchev–Trinajstić information content (AvgIpc) is 2.85. The van der Waals surface area contributed by atoms with E-state index in [-0.39, 0.29) is 16.8 Å². The lowest BCUT2D eigenvalue weighted by atomic mass is 9.95. The van der Waals surface area contributed by atoms with E-state index in [1.807, 2.05) is 30.3 Å². The monoisotopic (exact) mass is 458 g/mol. The topological polar surface area (TPSA) is 75.2 Å². The van der Waals surface area contributed by atoms with Gasteiger partial charge in [0.05, 0.1) is 15.9 Å². The molecule has 168 valence electrons. The van der Waals surface area contributed by atoms with Gasteiger partial charge in [0.1, 0.15) is 0 Å². The quantitative estimate of drug-likeness (QED) is 0.438. The van der Waals surface area contributed by atoms with Crippen molar-refractivity contribution in [1.82, 2.24) is 9.97 Å². The summed E-state index contributed by atoms with van der Waals surface area (Å²) in [5.74, 6) is 0.867. The fraction of sp³-hybridized carbons (Fsp3) is 0.231. The molecule has 1 N–H and O–H groups in total. The molecule has 33 heavy (non-hydrogen) atoms. The highest BCUT2D eigenvalue weighted by molar-refractivity contribution is 7.92. The Morgan fingerprint density at radius 1 is 0.818 bits per heavy atom. The zero-order valence-electron chi connectivity index (χ0n) is 18.3. The summed E-state index contributed by atoms with van der Waals surface area (Å²) in [5.41, 5.74) is 2.66. The molecule has 0 saturated carbocycles. The van der Waals surface area contributed by atoms with Gasteiger partial charge < -0.3 is 4.90 Å². The highest BCUT2D eigenvalue weighted by atomic mass is 32.2. The molecule has 1 aliphatic heterocycles. The van der Waals surface area contributed by atoms with Crippen LogP contribution in [0.5, 0.6) is 0 Å². The molecule has 3 aromatic carbocycles. The van der Waals surface area contributed by atoms with Crippen molar-refractivity contribution in [1.29, 1.82) is 0 Å². The molecule has 0 bridgehead atoms. The normalized spacial score (nSPS) is 16.6. The lowest BCUT2D eigenvalue weighted by Crippen LogP contribution is -2.42. The Kier molecular flexibility index (Phi) is 5.96. The number of hydrogen-bond donors (Lipinski definition) is 1. The van der Waals surface area contributed by atoms with Crippen LogP contribution in [0.2, 0.25) is 0 Å². The largest absolute Gasteiger partial charge is 0.350 e. The number of anilines is 2. The lowest BCUT2D eigenvalue weighted by molar-refractivity contribution is 0.454. The highest BCUT2D eigenvalue weighted by Crippen LogP contribution is 2.33. The van der Waals surface area contributed by atoms with E-state index in [2.05, 4.69) is 33.9 Å². The van der Waals surface area contributed by atoms with Gasteiger partial charge in [-0.15, -0.1) is 0 Å². The number of hydrogen-bond acceptors (Lipinski definition) is 5. The second kappa shape index (κ2) is 9.19. The number of rotatable bonds is 6. The van der Waals surface area contributed by atoms with Gasteiger partial charge in [0.25, 0.3) is 10.0 Å². The van der Waals surface area contributed by atoms with Gasteiger partial charge in [0, 0.05) is 12.6 Å². The van der Waals surface area contributed by atoms with Crippen LogP contribution in [0.15, 0.2) is 89.8 Å². The van der Waals surface area contributed by atoms with E-state index in [0.717, 1.165) is 37.7 Å². The molecule has 5 rings (SSSR count). The van der Waals surface area contributed by atoms with Crippen LogP contribution in [0, 0.1) is 0 Å². The summed E-state index contributed by atoms with van der Waals surface area (Å²) in [7, 11) is -3.80. The number of piperidine rings is 1. The van der Waals surface area contributed by atoms with Crippen molar-refractivity contribution < 1.29 is 8.42 Å². The molecule has 1 aliphatic rings. The zero-order chi connectivity index (χ0) is 22.7. The SMILES string of the molecule is O=S(=O)(Nc1nc2ccccc2nc1N1CCCCC1Cc1ccccc1)c1ccccc1. The Balaban J connectivity index is 1.57. The number of sulfonamides is 1. The van der Waals surface area contributed by atoms with E-state index in [1.165, 1.54) is 5.56 Å². The maximum Gasteiger partial charge on any atom is 0.263 e. The number of benzene rings is 3. The molecule has 1 aromatic heterocycles. The highest BCUT2D eigenvalue weighted by Gasteiger charge is 2.28. The third-order valence-electron chi connectivity index (χ3n) is 6.05. The van der Waals surface area contributed by atoms with Crippen molar-refractivity contribution in [2.24, 2.45) is 0 Å². The van der Waals surface area contributed by atoms with Crippen LogP contribution in [-0.4, -0.2) is 31.0 Å². The van der Waals surface area contributed by atoms with Gasteiger partial charge in [-0.05, 0) is 55.5 Å². The molecule has 6 nitrogen and oxygen atoms in total. The first-order valence-corrected chi connectivity index (χ1v) is 12.7. The van der Waals surface area contributed by atoms with Gasteiger partial charge in [0.2, 0.25) is 0 Å². The number of aromatic nitrogens is 2. The Morgan fingerprint density at radius 2 is 1.45 bits per heavy atom. The van der Waals surface area contributed by atoms with E-state index < -0.39 is 10.0 Å².